The predicted octanol–water partition coefficient (Wildman–Crippen LogP) is 6.71. The molecular weight excluding hydrogens is 583 g/mol. The molecule has 1 aliphatic rings. The van der Waals surface area contributed by atoms with Crippen LogP contribution in [0.25, 0.3) is 0 Å². The topological polar surface area (TPSA) is 118 Å². The highest BCUT2D eigenvalue weighted by Gasteiger charge is 2.60. The molecule has 1 aliphatic carbocycles. The lowest BCUT2D eigenvalue weighted by atomic mass is 9.65. The van der Waals surface area contributed by atoms with Gasteiger partial charge in [-0.25, -0.2) is 13.4 Å². The zero-order valence-corrected chi connectivity index (χ0v) is 22.4. The summed E-state index contributed by atoms with van der Waals surface area (Å²) in [5.41, 5.74) is -6.35. The van der Waals surface area contributed by atoms with E-state index in [-0.39, 0.29) is 35.5 Å². The van der Waals surface area contributed by atoms with Crippen LogP contribution in [0.5, 0.6) is 11.6 Å². The summed E-state index contributed by atoms with van der Waals surface area (Å²) in [6.07, 6.45) is -8.91. The minimum Gasteiger partial charge on any atom is -0.432 e. The number of aromatic nitrogens is 3. The molecule has 41 heavy (non-hydrogen) atoms. The first kappa shape index (κ1) is 30.1. The van der Waals surface area contributed by atoms with Crippen LogP contribution >= 0.6 is 0 Å². The molecule has 3 aromatic rings. The molecule has 1 atom stereocenters. The Morgan fingerprint density at radius 1 is 1.10 bits per heavy atom. The summed E-state index contributed by atoms with van der Waals surface area (Å²) < 4.78 is 122. The lowest BCUT2D eigenvalue weighted by molar-refractivity contribution is -0.214. The quantitative estimate of drug-likeness (QED) is 0.302. The highest BCUT2D eigenvalue weighted by Crippen LogP contribution is 2.54. The average Bonchev–Trinajstić information content (AvgIpc) is 2.78. The molecule has 0 radical (unpaired) electrons. The minimum absolute atomic E-state index is 0.0271. The van der Waals surface area contributed by atoms with Gasteiger partial charge in [0, 0.05) is 22.9 Å². The number of hydrogen-bond donors (Lipinski definition) is 2. The van der Waals surface area contributed by atoms with Crippen LogP contribution in [-0.2, 0) is 21.3 Å². The van der Waals surface area contributed by atoms with Gasteiger partial charge in [-0.05, 0) is 50.5 Å². The monoisotopic (exact) mass is 605 g/mol. The smallest absolute Gasteiger partial charge is 0.432 e. The highest BCUT2D eigenvalue weighted by atomic mass is 32.2. The number of hydrogen-bond acceptors (Lipinski definition) is 7. The highest BCUT2D eigenvalue weighted by molar-refractivity contribution is 7.91. The molecule has 16 heteroatoms. The number of aryl methyl sites for hydroxylation is 1. The molecule has 0 spiro atoms. The predicted molar refractivity (Wildman–Crippen MR) is 132 cm³/mol. The first-order valence-electron chi connectivity index (χ1n) is 11.9. The van der Waals surface area contributed by atoms with E-state index in [1.165, 1.54) is 24.3 Å². The van der Waals surface area contributed by atoms with Crippen LogP contribution in [0.4, 0.5) is 36.4 Å². The largest absolute Gasteiger partial charge is 0.435 e. The van der Waals surface area contributed by atoms with Crippen molar-refractivity contribution in [2.75, 3.05) is 11.6 Å². The summed E-state index contributed by atoms with van der Waals surface area (Å²) >= 11 is 0. The fourth-order valence-corrected chi connectivity index (χ4v) is 5.11. The van der Waals surface area contributed by atoms with Gasteiger partial charge < -0.3 is 10.1 Å². The number of carbonyl (C=O) groups excluding carboxylic acids is 1. The second-order valence-electron chi connectivity index (χ2n) is 9.62. The number of benzene rings is 1. The van der Waals surface area contributed by atoms with E-state index in [1.807, 2.05) is 0 Å². The molecule has 0 saturated heterocycles. The fourth-order valence-electron chi connectivity index (χ4n) is 4.42. The molecule has 2 aromatic heterocycles. The van der Waals surface area contributed by atoms with E-state index >= 15 is 4.39 Å². The fraction of sp³-hybridized carbons (Fsp3) is 0.360. The standard InChI is InChI=1S/C25H22F7N5O3S/c1-12-18(21(38)35-14-6-4-7-15(10-14)41(3,33)39)22(37-36-20(12)24(27,28)29)40-19-13(2)34-17(11-16(19)26)23(8-5-9-23)25(30,31)32/h4,6-7,10-11,33H,5,8-9H2,1-3H3,(H,35,38). The Morgan fingerprint density at radius 3 is 2.27 bits per heavy atom. The molecule has 8 nitrogen and oxygen atoms in total. The Morgan fingerprint density at radius 2 is 1.76 bits per heavy atom. The number of pyridine rings is 1. The van der Waals surface area contributed by atoms with E-state index in [1.54, 1.807) is 0 Å². The first-order chi connectivity index (χ1) is 18.8. The second kappa shape index (κ2) is 10.2. The van der Waals surface area contributed by atoms with E-state index in [4.69, 9.17) is 9.52 Å². The van der Waals surface area contributed by atoms with E-state index in [2.05, 4.69) is 20.5 Å². The molecule has 1 unspecified atom stereocenters. The summed E-state index contributed by atoms with van der Waals surface area (Å²) in [7, 11) is -3.21. The third-order valence-electron chi connectivity index (χ3n) is 6.76. The number of ether oxygens (including phenoxy) is 1. The number of nitrogens with one attached hydrogen (secondary N) is 2. The van der Waals surface area contributed by atoms with E-state index in [0.717, 1.165) is 20.1 Å². The van der Waals surface area contributed by atoms with Gasteiger partial charge in [0.25, 0.3) is 11.8 Å². The van der Waals surface area contributed by atoms with Gasteiger partial charge in [0.2, 0.25) is 0 Å². The number of anilines is 1. The van der Waals surface area contributed by atoms with E-state index < -0.39 is 73.4 Å². The van der Waals surface area contributed by atoms with Crippen molar-refractivity contribution in [2.24, 2.45) is 0 Å². The van der Waals surface area contributed by atoms with Crippen molar-refractivity contribution >= 4 is 21.3 Å². The van der Waals surface area contributed by atoms with Crippen LogP contribution in [0.15, 0.2) is 35.2 Å². The Labute approximate surface area is 229 Å². The summed E-state index contributed by atoms with van der Waals surface area (Å²) in [6.45, 7) is 2.05. The molecule has 4 rings (SSSR count). The number of amides is 1. The maximum Gasteiger partial charge on any atom is 0.435 e. The van der Waals surface area contributed by atoms with Gasteiger partial charge in [0.05, 0.1) is 21.1 Å². The van der Waals surface area contributed by atoms with Gasteiger partial charge in [-0.3, -0.25) is 9.78 Å². The van der Waals surface area contributed by atoms with Crippen molar-refractivity contribution in [3.8, 4) is 11.6 Å². The Bertz CT molecular complexity index is 1610. The molecule has 1 amide bonds. The van der Waals surface area contributed by atoms with E-state index in [0.29, 0.717) is 6.07 Å². The van der Waals surface area contributed by atoms with Gasteiger partial charge in [0.1, 0.15) is 11.0 Å². The normalized spacial score (nSPS) is 16.4. The number of alkyl halides is 6. The van der Waals surface area contributed by atoms with Gasteiger partial charge in [-0.1, -0.05) is 12.5 Å². The van der Waals surface area contributed by atoms with E-state index in [9.17, 15) is 35.3 Å². The SMILES string of the molecule is Cc1nc(C2(C(F)(F)F)CCC2)cc(F)c1Oc1nnc(C(F)(F)F)c(C)c1C(=O)Nc1cccc(S(C)(=N)=O)c1. The van der Waals surface area contributed by atoms with Crippen molar-refractivity contribution in [1.82, 2.24) is 15.2 Å². The Balaban J connectivity index is 1.78. The summed E-state index contributed by atoms with van der Waals surface area (Å²) in [5.74, 6) is -4.12. The minimum atomic E-state index is -5.04. The van der Waals surface area contributed by atoms with Gasteiger partial charge in [-0.15, -0.1) is 10.2 Å². The Kier molecular flexibility index (Phi) is 7.52. The average molecular weight is 606 g/mol. The molecule has 0 aliphatic heterocycles. The summed E-state index contributed by atoms with van der Waals surface area (Å²) in [4.78, 5) is 17.1. The molecule has 2 N–H and O–H groups in total. The zero-order valence-electron chi connectivity index (χ0n) is 21.6. The lowest BCUT2D eigenvalue weighted by Crippen LogP contribution is -2.48. The van der Waals surface area contributed by atoms with Crippen LogP contribution in [0.2, 0.25) is 0 Å². The first-order valence-corrected chi connectivity index (χ1v) is 13.8. The molecule has 0 bridgehead atoms. The van der Waals surface area contributed by atoms with Crippen molar-refractivity contribution in [2.45, 2.75) is 55.8 Å². The Hall–Kier alpha value is -3.82. The maximum atomic E-state index is 15.2. The lowest BCUT2D eigenvalue weighted by Gasteiger charge is -2.42. The number of nitrogens with zero attached hydrogens (tertiary/aromatic N) is 3. The van der Waals surface area contributed by atoms with Crippen molar-refractivity contribution < 1.29 is 44.5 Å². The molecular formula is C25H22F7N5O3S. The van der Waals surface area contributed by atoms with Crippen molar-refractivity contribution in [3.05, 3.63) is 64.4 Å². The molecule has 2 heterocycles. The van der Waals surface area contributed by atoms with Crippen molar-refractivity contribution in [1.29, 1.82) is 4.78 Å². The third-order valence-corrected chi connectivity index (χ3v) is 7.91. The molecule has 1 aromatic carbocycles. The number of halogens is 7. The third kappa shape index (κ3) is 5.69. The molecule has 1 saturated carbocycles. The van der Waals surface area contributed by atoms with Crippen LogP contribution in [0.1, 0.15) is 52.3 Å². The van der Waals surface area contributed by atoms with Gasteiger partial charge >= 0.3 is 12.4 Å². The summed E-state index contributed by atoms with van der Waals surface area (Å²) in [5, 5.41) is 8.73. The molecule has 1 fully saturated rings. The molecule has 220 valence electrons. The second-order valence-corrected chi connectivity index (χ2v) is 11.8. The van der Waals surface area contributed by atoms with Crippen LogP contribution in [0, 0.1) is 24.4 Å². The van der Waals surface area contributed by atoms with Crippen LogP contribution < -0.4 is 10.1 Å². The number of rotatable bonds is 6. The van der Waals surface area contributed by atoms with Gasteiger partial charge in [-0.2, -0.15) is 26.3 Å². The van der Waals surface area contributed by atoms with Crippen LogP contribution in [-0.4, -0.2) is 37.7 Å². The van der Waals surface area contributed by atoms with Crippen molar-refractivity contribution in [3.63, 3.8) is 0 Å². The van der Waals surface area contributed by atoms with Crippen LogP contribution in [0.3, 0.4) is 0 Å². The zero-order chi connectivity index (χ0) is 30.5. The van der Waals surface area contributed by atoms with Gasteiger partial charge in [0.15, 0.2) is 17.3 Å². The summed E-state index contributed by atoms with van der Waals surface area (Å²) in [6, 6.07) is 5.78. The maximum absolute atomic E-state index is 15.2. The number of carbonyl (C=O) groups is 1.